The summed E-state index contributed by atoms with van der Waals surface area (Å²) in [6, 6.07) is 3.45. The Morgan fingerprint density at radius 2 is 2.11 bits per heavy atom. The molecule has 0 aliphatic carbocycles. The highest BCUT2D eigenvalue weighted by Crippen LogP contribution is 2.40. The average molecular weight is 294 g/mol. The summed E-state index contributed by atoms with van der Waals surface area (Å²) in [4.78, 5) is 12.9. The van der Waals surface area contributed by atoms with Crippen LogP contribution in [0.4, 0.5) is 18.9 Å². The summed E-state index contributed by atoms with van der Waals surface area (Å²) in [5.74, 6) is -0.599. The van der Waals surface area contributed by atoms with Crippen molar-refractivity contribution in [3.05, 3.63) is 28.8 Å². The third-order valence-corrected chi connectivity index (χ3v) is 3.44. The molecule has 1 fully saturated rings. The maximum Gasteiger partial charge on any atom is 0.417 e. The Morgan fingerprint density at radius 1 is 1.42 bits per heavy atom. The fourth-order valence-corrected chi connectivity index (χ4v) is 2.42. The van der Waals surface area contributed by atoms with Gasteiger partial charge in [0, 0.05) is 25.5 Å². The maximum atomic E-state index is 12.7. The van der Waals surface area contributed by atoms with Gasteiger partial charge < -0.3 is 10.0 Å². The van der Waals surface area contributed by atoms with Gasteiger partial charge in [0.15, 0.2) is 0 Å². The van der Waals surface area contributed by atoms with Crippen LogP contribution in [0, 0.1) is 5.92 Å². The highest BCUT2D eigenvalue weighted by atomic mass is 35.5. The summed E-state index contributed by atoms with van der Waals surface area (Å²) in [7, 11) is 0. The van der Waals surface area contributed by atoms with Crippen molar-refractivity contribution in [3.63, 3.8) is 0 Å². The molecule has 0 aromatic heterocycles. The standard InChI is InChI=1S/C12H11ClF3NO2/c13-11-8(12(14,15)16)2-1-3-9(11)17-5-7(6-18)4-10(17)19/h1-3,7,18H,4-6H2. The van der Waals surface area contributed by atoms with Crippen LogP contribution in [0.15, 0.2) is 18.2 Å². The monoisotopic (exact) mass is 293 g/mol. The zero-order valence-electron chi connectivity index (χ0n) is 9.75. The molecule has 104 valence electrons. The Bertz CT molecular complexity index is 504. The first kappa shape index (κ1) is 14.1. The number of carbonyl (C=O) groups is 1. The molecule has 0 radical (unpaired) electrons. The Balaban J connectivity index is 2.39. The minimum Gasteiger partial charge on any atom is -0.396 e. The third kappa shape index (κ3) is 2.69. The molecule has 7 heteroatoms. The molecule has 2 rings (SSSR count). The van der Waals surface area contributed by atoms with Crippen molar-refractivity contribution >= 4 is 23.2 Å². The molecule has 0 spiro atoms. The lowest BCUT2D eigenvalue weighted by Crippen LogP contribution is -2.25. The van der Waals surface area contributed by atoms with Crippen LogP contribution in [0.5, 0.6) is 0 Å². The highest BCUT2D eigenvalue weighted by Gasteiger charge is 2.37. The van der Waals surface area contributed by atoms with E-state index >= 15 is 0 Å². The van der Waals surface area contributed by atoms with Crippen LogP contribution in [0.2, 0.25) is 5.02 Å². The topological polar surface area (TPSA) is 40.5 Å². The number of hydrogen-bond acceptors (Lipinski definition) is 2. The van der Waals surface area contributed by atoms with Gasteiger partial charge >= 0.3 is 6.18 Å². The third-order valence-electron chi connectivity index (χ3n) is 3.04. The van der Waals surface area contributed by atoms with Crippen molar-refractivity contribution in [3.8, 4) is 0 Å². The molecule has 0 bridgehead atoms. The molecule has 1 amide bonds. The Morgan fingerprint density at radius 3 is 2.63 bits per heavy atom. The van der Waals surface area contributed by atoms with E-state index in [1.165, 1.54) is 17.0 Å². The van der Waals surface area contributed by atoms with Crippen molar-refractivity contribution in [2.75, 3.05) is 18.1 Å². The lowest BCUT2D eigenvalue weighted by molar-refractivity contribution is -0.137. The number of nitrogens with zero attached hydrogens (tertiary/aromatic N) is 1. The van der Waals surface area contributed by atoms with Gasteiger partial charge in [-0.3, -0.25) is 4.79 Å². The van der Waals surface area contributed by atoms with E-state index in [-0.39, 0.29) is 37.1 Å². The molecule has 1 N–H and O–H groups in total. The number of carbonyl (C=O) groups excluding carboxylic acids is 1. The SMILES string of the molecule is O=C1CC(CO)CN1c1cccc(C(F)(F)F)c1Cl. The van der Waals surface area contributed by atoms with E-state index in [9.17, 15) is 18.0 Å². The van der Waals surface area contributed by atoms with E-state index in [1.807, 2.05) is 0 Å². The summed E-state index contributed by atoms with van der Waals surface area (Å²) in [6.07, 6.45) is -4.45. The van der Waals surface area contributed by atoms with E-state index in [1.54, 1.807) is 0 Å². The number of rotatable bonds is 2. The smallest absolute Gasteiger partial charge is 0.396 e. The maximum absolute atomic E-state index is 12.7. The zero-order chi connectivity index (χ0) is 14.2. The first-order chi connectivity index (χ1) is 8.84. The molecule has 1 unspecified atom stereocenters. The number of amides is 1. The summed E-state index contributed by atoms with van der Waals surface area (Å²) >= 11 is 5.75. The quantitative estimate of drug-likeness (QED) is 0.911. The van der Waals surface area contributed by atoms with Crippen LogP contribution in [0.25, 0.3) is 0 Å². The van der Waals surface area contributed by atoms with E-state index in [4.69, 9.17) is 16.7 Å². The van der Waals surface area contributed by atoms with E-state index in [0.717, 1.165) is 6.07 Å². The van der Waals surface area contributed by atoms with Crippen LogP contribution >= 0.6 is 11.6 Å². The summed E-state index contributed by atoms with van der Waals surface area (Å²) in [5.41, 5.74) is -0.927. The van der Waals surface area contributed by atoms with Crippen LogP contribution in [0.1, 0.15) is 12.0 Å². The number of hydrogen-bond donors (Lipinski definition) is 1. The molecule has 1 saturated heterocycles. The molecule has 1 aliphatic heterocycles. The summed E-state index contributed by atoms with van der Waals surface area (Å²) in [5, 5.41) is 8.53. The number of halogens is 4. The Kier molecular flexibility index (Phi) is 3.73. The van der Waals surface area contributed by atoms with Gasteiger partial charge in [0.2, 0.25) is 5.91 Å². The number of anilines is 1. The highest BCUT2D eigenvalue weighted by molar-refractivity contribution is 6.34. The van der Waals surface area contributed by atoms with Crippen molar-refractivity contribution in [2.24, 2.45) is 5.92 Å². The van der Waals surface area contributed by atoms with Gasteiger partial charge in [-0.05, 0) is 12.1 Å². The van der Waals surface area contributed by atoms with Crippen LogP contribution in [0.3, 0.4) is 0 Å². The molecule has 1 aliphatic rings. The minimum atomic E-state index is -4.56. The number of aliphatic hydroxyl groups excluding tert-OH is 1. The zero-order valence-corrected chi connectivity index (χ0v) is 10.5. The molecule has 3 nitrogen and oxygen atoms in total. The summed E-state index contributed by atoms with van der Waals surface area (Å²) in [6.45, 7) is -0.00478. The predicted octanol–water partition coefficient (Wildman–Crippen LogP) is 2.70. The van der Waals surface area contributed by atoms with E-state index in [2.05, 4.69) is 0 Å². The van der Waals surface area contributed by atoms with Crippen molar-refractivity contribution in [1.29, 1.82) is 0 Å². The largest absolute Gasteiger partial charge is 0.417 e. The molecule has 19 heavy (non-hydrogen) atoms. The van der Waals surface area contributed by atoms with Crippen LogP contribution in [-0.4, -0.2) is 24.2 Å². The second-order valence-electron chi connectivity index (χ2n) is 4.39. The fraction of sp³-hybridized carbons (Fsp3) is 0.417. The second-order valence-corrected chi connectivity index (χ2v) is 4.77. The van der Waals surface area contributed by atoms with Gasteiger partial charge in [0.25, 0.3) is 0 Å². The van der Waals surface area contributed by atoms with Crippen molar-refractivity contribution in [2.45, 2.75) is 12.6 Å². The summed E-state index contributed by atoms with van der Waals surface area (Å²) < 4.78 is 38.2. The predicted molar refractivity (Wildman–Crippen MR) is 64.0 cm³/mol. The number of alkyl halides is 3. The molecular weight excluding hydrogens is 283 g/mol. The number of aliphatic hydroxyl groups is 1. The molecular formula is C12H11ClF3NO2. The molecule has 0 saturated carbocycles. The lowest BCUT2D eigenvalue weighted by atomic mass is 10.1. The fourth-order valence-electron chi connectivity index (χ4n) is 2.08. The van der Waals surface area contributed by atoms with Gasteiger partial charge in [0.05, 0.1) is 16.3 Å². The average Bonchev–Trinajstić information content (AvgIpc) is 2.69. The van der Waals surface area contributed by atoms with Gasteiger partial charge in [-0.25, -0.2) is 0 Å². The van der Waals surface area contributed by atoms with Gasteiger partial charge in [-0.2, -0.15) is 13.2 Å². The lowest BCUT2D eigenvalue weighted by Gasteiger charge is -2.20. The molecule has 1 aromatic carbocycles. The van der Waals surface area contributed by atoms with Crippen LogP contribution < -0.4 is 4.90 Å². The van der Waals surface area contributed by atoms with Gasteiger partial charge in [-0.1, -0.05) is 17.7 Å². The normalized spacial score (nSPS) is 20.2. The van der Waals surface area contributed by atoms with Crippen molar-refractivity contribution in [1.82, 2.24) is 0 Å². The van der Waals surface area contributed by atoms with Gasteiger partial charge in [-0.15, -0.1) is 0 Å². The van der Waals surface area contributed by atoms with E-state index in [0.29, 0.717) is 0 Å². The van der Waals surface area contributed by atoms with Crippen molar-refractivity contribution < 1.29 is 23.1 Å². The Hall–Kier alpha value is -1.27. The molecule has 1 heterocycles. The Labute approximate surface area is 112 Å². The molecule has 1 atom stereocenters. The van der Waals surface area contributed by atoms with Crippen LogP contribution in [-0.2, 0) is 11.0 Å². The molecule has 1 aromatic rings. The minimum absolute atomic E-state index is 0.0393. The number of benzene rings is 1. The first-order valence-electron chi connectivity index (χ1n) is 5.61. The van der Waals surface area contributed by atoms with E-state index < -0.39 is 16.8 Å². The second kappa shape index (κ2) is 5.02. The van der Waals surface area contributed by atoms with Gasteiger partial charge in [0.1, 0.15) is 0 Å². The first-order valence-corrected chi connectivity index (χ1v) is 5.99.